The zero-order chi connectivity index (χ0) is 13.4. The number of likely N-dealkylation sites (N-methyl/N-ethyl adjacent to an activating group) is 1. The predicted octanol–water partition coefficient (Wildman–Crippen LogP) is 3.03. The number of hydrogen-bond donors (Lipinski definition) is 0. The molecule has 0 fully saturated rings. The zero-order valence-corrected chi connectivity index (χ0v) is 11.2. The van der Waals surface area contributed by atoms with E-state index in [4.69, 9.17) is 16.0 Å². The van der Waals surface area contributed by atoms with Crippen LogP contribution >= 0.6 is 11.6 Å². The van der Waals surface area contributed by atoms with Crippen molar-refractivity contribution in [3.05, 3.63) is 47.4 Å². The van der Waals surface area contributed by atoms with Gasteiger partial charge in [0.2, 0.25) is 5.22 Å². The maximum atomic E-state index is 12.5. The van der Waals surface area contributed by atoms with Gasteiger partial charge < -0.3 is 14.2 Å². The summed E-state index contributed by atoms with van der Waals surface area (Å²) in [5, 5.41) is 0.140. The molecule has 0 spiro atoms. The van der Waals surface area contributed by atoms with E-state index in [0.717, 1.165) is 17.9 Å². The molecule has 2 heterocycles. The summed E-state index contributed by atoms with van der Waals surface area (Å²) >= 11 is 5.89. The highest BCUT2D eigenvalue weighted by atomic mass is 35.5. The summed E-state index contributed by atoms with van der Waals surface area (Å²) in [6.07, 6.45) is 1.43. The Hall–Kier alpha value is -1.94. The molecule has 1 aromatic heterocycles. The van der Waals surface area contributed by atoms with Gasteiger partial charge in [-0.3, -0.25) is 4.79 Å². The van der Waals surface area contributed by atoms with E-state index in [9.17, 15) is 4.79 Å². The summed E-state index contributed by atoms with van der Waals surface area (Å²) in [6, 6.07) is 9.44. The van der Waals surface area contributed by atoms with Gasteiger partial charge in [0.05, 0.1) is 23.2 Å². The Labute approximate surface area is 116 Å². The van der Waals surface area contributed by atoms with Crippen molar-refractivity contribution in [3.8, 4) is 0 Å². The summed E-state index contributed by atoms with van der Waals surface area (Å²) in [6.45, 7) is 1.42. The van der Waals surface area contributed by atoms with Crippen LogP contribution in [0.3, 0.4) is 0 Å². The van der Waals surface area contributed by atoms with E-state index < -0.39 is 0 Å². The Morgan fingerprint density at radius 3 is 2.63 bits per heavy atom. The summed E-state index contributed by atoms with van der Waals surface area (Å²) in [7, 11) is 2.02. The van der Waals surface area contributed by atoms with Crippen molar-refractivity contribution in [1.82, 2.24) is 0 Å². The summed E-state index contributed by atoms with van der Waals surface area (Å²) < 4.78 is 4.99. The number of furan rings is 1. The van der Waals surface area contributed by atoms with E-state index in [2.05, 4.69) is 4.90 Å². The molecule has 0 N–H and O–H groups in total. The van der Waals surface area contributed by atoms with Gasteiger partial charge >= 0.3 is 0 Å². The molecule has 4 nitrogen and oxygen atoms in total. The first-order chi connectivity index (χ1) is 9.18. The van der Waals surface area contributed by atoms with Gasteiger partial charge in [0.15, 0.2) is 0 Å². The molecule has 1 amide bonds. The number of fused-ring (bicyclic) bond motifs is 1. The van der Waals surface area contributed by atoms with Gasteiger partial charge in [-0.2, -0.15) is 0 Å². The normalized spacial score (nSPS) is 14.4. The average Bonchev–Trinajstić information content (AvgIpc) is 2.85. The van der Waals surface area contributed by atoms with Crippen LogP contribution in [-0.2, 0) is 0 Å². The number of para-hydroxylation sites is 2. The van der Waals surface area contributed by atoms with E-state index in [1.165, 1.54) is 6.26 Å². The lowest BCUT2D eigenvalue weighted by Gasteiger charge is -2.35. The number of carbonyl (C=O) groups excluding carboxylic acids is 1. The number of anilines is 2. The smallest absolute Gasteiger partial charge is 0.263 e. The van der Waals surface area contributed by atoms with Crippen LogP contribution < -0.4 is 9.80 Å². The van der Waals surface area contributed by atoms with Gasteiger partial charge in [-0.05, 0) is 29.8 Å². The van der Waals surface area contributed by atoms with Crippen LogP contribution in [0.15, 0.2) is 41.0 Å². The molecule has 98 valence electrons. The first kappa shape index (κ1) is 12.1. The fourth-order valence-electron chi connectivity index (χ4n) is 2.31. The second-order valence-electron chi connectivity index (χ2n) is 4.48. The van der Waals surface area contributed by atoms with Gasteiger partial charge in [0, 0.05) is 20.1 Å². The molecule has 0 aliphatic carbocycles. The lowest BCUT2D eigenvalue weighted by molar-refractivity contribution is 0.0986. The van der Waals surface area contributed by atoms with Crippen molar-refractivity contribution in [1.29, 1.82) is 0 Å². The predicted molar refractivity (Wildman–Crippen MR) is 75.1 cm³/mol. The van der Waals surface area contributed by atoms with Gasteiger partial charge in [0.25, 0.3) is 5.91 Å². The second-order valence-corrected chi connectivity index (χ2v) is 4.82. The van der Waals surface area contributed by atoms with Gasteiger partial charge in [0.1, 0.15) is 0 Å². The Kier molecular flexibility index (Phi) is 2.95. The molecule has 5 heteroatoms. The number of nitrogens with zero attached hydrogens (tertiary/aromatic N) is 2. The van der Waals surface area contributed by atoms with Crippen molar-refractivity contribution in [2.45, 2.75) is 0 Å². The molecule has 2 aromatic rings. The Balaban J connectivity index is 2.01. The molecule has 0 bridgehead atoms. The molecule has 0 atom stereocenters. The minimum absolute atomic E-state index is 0.126. The van der Waals surface area contributed by atoms with Crippen LogP contribution in [-0.4, -0.2) is 26.0 Å². The Morgan fingerprint density at radius 2 is 1.95 bits per heavy atom. The van der Waals surface area contributed by atoms with Crippen LogP contribution in [0.5, 0.6) is 0 Å². The van der Waals surface area contributed by atoms with E-state index in [1.807, 2.05) is 31.3 Å². The quantitative estimate of drug-likeness (QED) is 0.803. The third-order valence-electron chi connectivity index (χ3n) is 3.34. The lowest BCUT2D eigenvalue weighted by atomic mass is 10.1. The van der Waals surface area contributed by atoms with Gasteiger partial charge in [-0.25, -0.2) is 0 Å². The Morgan fingerprint density at radius 1 is 1.21 bits per heavy atom. The van der Waals surface area contributed by atoms with Crippen LogP contribution in [0, 0.1) is 0 Å². The molecule has 0 saturated heterocycles. The third-order valence-corrected chi connectivity index (χ3v) is 3.63. The molecular formula is C14H13ClN2O2. The number of rotatable bonds is 1. The number of halogens is 1. The van der Waals surface area contributed by atoms with Gasteiger partial charge in [-0.15, -0.1) is 0 Å². The number of benzene rings is 1. The number of carbonyl (C=O) groups is 1. The highest BCUT2D eigenvalue weighted by Crippen LogP contribution is 2.33. The first-order valence-electron chi connectivity index (χ1n) is 6.03. The largest absolute Gasteiger partial charge is 0.452 e. The maximum Gasteiger partial charge on any atom is 0.263 e. The molecule has 1 aliphatic heterocycles. The molecule has 19 heavy (non-hydrogen) atoms. The van der Waals surface area contributed by atoms with Crippen molar-refractivity contribution in [2.75, 3.05) is 29.9 Å². The lowest BCUT2D eigenvalue weighted by Crippen LogP contribution is -2.42. The Bertz CT molecular complexity index is 623. The fourth-order valence-corrected chi connectivity index (χ4v) is 2.50. The molecule has 1 aliphatic rings. The van der Waals surface area contributed by atoms with Crippen LogP contribution in [0.1, 0.15) is 10.4 Å². The van der Waals surface area contributed by atoms with Crippen molar-refractivity contribution in [2.24, 2.45) is 0 Å². The van der Waals surface area contributed by atoms with Crippen molar-refractivity contribution >= 4 is 28.9 Å². The van der Waals surface area contributed by atoms with E-state index in [-0.39, 0.29) is 11.1 Å². The number of hydrogen-bond acceptors (Lipinski definition) is 3. The molecule has 0 unspecified atom stereocenters. The molecule has 3 rings (SSSR count). The second kappa shape index (κ2) is 4.63. The standard InChI is InChI=1S/C14H13ClN2O2/c1-16-7-8-17(12-5-3-2-4-11(12)16)14(18)10-6-9-19-13(10)15/h2-6,9H,7-8H2,1H3. The summed E-state index contributed by atoms with van der Waals surface area (Å²) in [5.41, 5.74) is 2.35. The van der Waals surface area contributed by atoms with Crippen LogP contribution in [0.2, 0.25) is 5.22 Å². The minimum atomic E-state index is -0.126. The minimum Gasteiger partial charge on any atom is -0.452 e. The molecular weight excluding hydrogens is 264 g/mol. The highest BCUT2D eigenvalue weighted by molar-refractivity contribution is 6.33. The topological polar surface area (TPSA) is 36.7 Å². The maximum absolute atomic E-state index is 12.5. The van der Waals surface area contributed by atoms with E-state index in [1.54, 1.807) is 11.0 Å². The summed E-state index contributed by atoms with van der Waals surface area (Å²) in [4.78, 5) is 16.4. The van der Waals surface area contributed by atoms with Crippen molar-refractivity contribution in [3.63, 3.8) is 0 Å². The average molecular weight is 277 g/mol. The highest BCUT2D eigenvalue weighted by Gasteiger charge is 2.27. The van der Waals surface area contributed by atoms with Crippen LogP contribution in [0.4, 0.5) is 11.4 Å². The molecule has 1 aromatic carbocycles. The van der Waals surface area contributed by atoms with E-state index in [0.29, 0.717) is 12.1 Å². The van der Waals surface area contributed by atoms with Gasteiger partial charge in [-0.1, -0.05) is 12.1 Å². The van der Waals surface area contributed by atoms with E-state index >= 15 is 0 Å². The first-order valence-corrected chi connectivity index (χ1v) is 6.41. The third kappa shape index (κ3) is 1.98. The number of amides is 1. The molecule has 0 radical (unpaired) electrons. The fraction of sp³-hybridized carbons (Fsp3) is 0.214. The zero-order valence-electron chi connectivity index (χ0n) is 10.5. The monoisotopic (exact) mass is 276 g/mol. The SMILES string of the molecule is CN1CCN(C(=O)c2ccoc2Cl)c2ccccc21. The summed E-state index contributed by atoms with van der Waals surface area (Å²) in [5.74, 6) is -0.126. The van der Waals surface area contributed by atoms with Crippen LogP contribution in [0.25, 0.3) is 0 Å². The molecule has 0 saturated carbocycles. The van der Waals surface area contributed by atoms with Crippen molar-refractivity contribution < 1.29 is 9.21 Å².